The van der Waals surface area contributed by atoms with Gasteiger partial charge in [0.25, 0.3) is 0 Å². The highest BCUT2D eigenvalue weighted by atomic mass is 79.9. The smallest absolute Gasteiger partial charge is 0.292 e. The molecular formula is C12H9BrN2O4. The lowest BCUT2D eigenvalue weighted by molar-refractivity contribution is -0.142. The van der Waals surface area contributed by atoms with Crippen LogP contribution in [0.3, 0.4) is 0 Å². The number of ketones is 1. The van der Waals surface area contributed by atoms with Gasteiger partial charge in [-0.15, -0.1) is 0 Å². The first kappa shape index (κ1) is 13.4. The Morgan fingerprint density at radius 1 is 1.16 bits per heavy atom. The van der Waals surface area contributed by atoms with Crippen molar-refractivity contribution in [2.75, 3.05) is 13.6 Å². The number of nitrogens with zero attached hydrogens (tertiary/aromatic N) is 2. The van der Waals surface area contributed by atoms with Crippen molar-refractivity contribution in [2.24, 2.45) is 0 Å². The van der Waals surface area contributed by atoms with Crippen LogP contribution in [0.2, 0.25) is 0 Å². The molecule has 1 aliphatic rings. The molecule has 1 aromatic carbocycles. The number of benzene rings is 1. The maximum Gasteiger partial charge on any atom is 0.334 e. The summed E-state index contributed by atoms with van der Waals surface area (Å²) in [5.74, 6) is -2.32. The fourth-order valence-electron chi connectivity index (χ4n) is 1.67. The molecule has 19 heavy (non-hydrogen) atoms. The SMILES string of the molecule is CN1C(=O)C(=O)N(CC(=O)c2ccccc2Br)C1=O. The molecule has 0 saturated carbocycles. The Balaban J connectivity index is 2.21. The van der Waals surface area contributed by atoms with Gasteiger partial charge in [-0.3, -0.25) is 19.3 Å². The zero-order valence-corrected chi connectivity index (χ0v) is 11.5. The van der Waals surface area contributed by atoms with Crippen molar-refractivity contribution < 1.29 is 19.2 Å². The first-order valence-corrected chi connectivity index (χ1v) is 6.14. The first-order valence-electron chi connectivity index (χ1n) is 5.34. The van der Waals surface area contributed by atoms with E-state index in [1.807, 2.05) is 0 Å². The number of halogens is 1. The van der Waals surface area contributed by atoms with E-state index >= 15 is 0 Å². The van der Waals surface area contributed by atoms with Crippen LogP contribution < -0.4 is 0 Å². The molecule has 6 nitrogen and oxygen atoms in total. The minimum atomic E-state index is -0.979. The van der Waals surface area contributed by atoms with Crippen LogP contribution in [-0.2, 0) is 9.59 Å². The molecule has 98 valence electrons. The van der Waals surface area contributed by atoms with Crippen molar-refractivity contribution in [3.05, 3.63) is 34.3 Å². The molecule has 0 N–H and O–H groups in total. The van der Waals surface area contributed by atoms with Crippen molar-refractivity contribution in [3.63, 3.8) is 0 Å². The number of urea groups is 1. The molecular weight excluding hydrogens is 316 g/mol. The molecule has 7 heteroatoms. The number of hydrogen-bond donors (Lipinski definition) is 0. The average Bonchev–Trinajstić information content (AvgIpc) is 2.57. The van der Waals surface area contributed by atoms with E-state index in [-0.39, 0.29) is 0 Å². The van der Waals surface area contributed by atoms with Crippen LogP contribution in [-0.4, -0.2) is 47.0 Å². The maximum absolute atomic E-state index is 12.0. The third-order valence-corrected chi connectivity index (χ3v) is 3.42. The van der Waals surface area contributed by atoms with Gasteiger partial charge in [-0.25, -0.2) is 9.69 Å². The Hall–Kier alpha value is -2.02. The Bertz CT molecular complexity index is 599. The van der Waals surface area contributed by atoms with Crippen LogP contribution in [0.25, 0.3) is 0 Å². The minimum Gasteiger partial charge on any atom is -0.292 e. The molecule has 0 unspecified atom stereocenters. The summed E-state index contributed by atoms with van der Waals surface area (Å²) in [6, 6.07) is 5.88. The quantitative estimate of drug-likeness (QED) is 0.473. The molecule has 4 amide bonds. The van der Waals surface area contributed by atoms with Crippen molar-refractivity contribution >= 4 is 39.6 Å². The van der Waals surface area contributed by atoms with E-state index < -0.39 is 30.2 Å². The molecule has 0 spiro atoms. The molecule has 2 rings (SSSR count). The van der Waals surface area contributed by atoms with Gasteiger partial charge in [0.1, 0.15) is 0 Å². The Morgan fingerprint density at radius 3 is 2.32 bits per heavy atom. The number of hydrogen-bond acceptors (Lipinski definition) is 4. The summed E-state index contributed by atoms with van der Waals surface area (Å²) < 4.78 is 0.568. The number of amides is 4. The third-order valence-electron chi connectivity index (χ3n) is 2.73. The van der Waals surface area contributed by atoms with Crippen LogP contribution in [0.5, 0.6) is 0 Å². The predicted octanol–water partition coefficient (Wildman–Crippen LogP) is 1.05. The fourth-order valence-corrected chi connectivity index (χ4v) is 2.18. The van der Waals surface area contributed by atoms with Gasteiger partial charge in [-0.05, 0) is 6.07 Å². The first-order chi connectivity index (χ1) is 8.93. The van der Waals surface area contributed by atoms with E-state index in [0.717, 1.165) is 0 Å². The van der Waals surface area contributed by atoms with Crippen molar-refractivity contribution in [3.8, 4) is 0 Å². The van der Waals surface area contributed by atoms with Gasteiger partial charge in [0.2, 0.25) is 0 Å². The minimum absolute atomic E-state index is 0.352. The van der Waals surface area contributed by atoms with Gasteiger partial charge in [0.15, 0.2) is 5.78 Å². The summed E-state index contributed by atoms with van der Waals surface area (Å²) in [6.07, 6.45) is 0. The van der Waals surface area contributed by atoms with Gasteiger partial charge in [0.05, 0.1) is 6.54 Å². The molecule has 1 aliphatic heterocycles. The van der Waals surface area contributed by atoms with E-state index in [4.69, 9.17) is 0 Å². The monoisotopic (exact) mass is 324 g/mol. The van der Waals surface area contributed by atoms with E-state index in [9.17, 15) is 19.2 Å². The summed E-state index contributed by atoms with van der Waals surface area (Å²) in [5, 5.41) is 0. The molecule has 0 radical (unpaired) electrons. The topological polar surface area (TPSA) is 74.8 Å². The lowest BCUT2D eigenvalue weighted by atomic mass is 10.1. The molecule has 1 fully saturated rings. The normalized spacial score (nSPS) is 15.4. The zero-order chi connectivity index (χ0) is 14.2. The lowest BCUT2D eigenvalue weighted by Crippen LogP contribution is -2.36. The van der Waals surface area contributed by atoms with Gasteiger partial charge in [-0.1, -0.05) is 34.1 Å². The molecule has 0 bridgehead atoms. The fraction of sp³-hybridized carbons (Fsp3) is 0.167. The van der Waals surface area contributed by atoms with Crippen molar-refractivity contribution in [1.29, 1.82) is 0 Å². The van der Waals surface area contributed by atoms with Gasteiger partial charge >= 0.3 is 17.8 Å². The van der Waals surface area contributed by atoms with E-state index in [0.29, 0.717) is 19.8 Å². The zero-order valence-electron chi connectivity index (χ0n) is 9.92. The molecule has 1 saturated heterocycles. The van der Waals surface area contributed by atoms with Gasteiger partial charge in [0, 0.05) is 17.1 Å². The second-order valence-corrected chi connectivity index (χ2v) is 4.80. The number of likely N-dealkylation sites (N-methyl/N-ethyl adjacent to an activating group) is 1. The van der Waals surface area contributed by atoms with Crippen LogP contribution in [0.15, 0.2) is 28.7 Å². The second kappa shape index (κ2) is 4.93. The Kier molecular flexibility index (Phi) is 3.48. The van der Waals surface area contributed by atoms with Crippen molar-refractivity contribution in [1.82, 2.24) is 9.80 Å². The van der Waals surface area contributed by atoms with Crippen LogP contribution in [0, 0.1) is 0 Å². The predicted molar refractivity (Wildman–Crippen MR) is 68.4 cm³/mol. The largest absolute Gasteiger partial charge is 0.334 e. The van der Waals surface area contributed by atoms with E-state index in [2.05, 4.69) is 15.9 Å². The number of Topliss-reactive ketones (excluding diaryl/α,β-unsaturated/α-hetero) is 1. The standard InChI is InChI=1S/C12H9BrN2O4/c1-14-10(17)11(18)15(12(14)19)6-9(16)7-4-2-3-5-8(7)13/h2-5H,6H2,1H3. The number of imide groups is 2. The number of carbonyl (C=O) groups excluding carboxylic acids is 4. The summed E-state index contributed by atoms with van der Waals surface area (Å²) in [5.41, 5.74) is 0.352. The molecule has 1 aromatic rings. The molecule has 0 aromatic heterocycles. The maximum atomic E-state index is 12.0. The Labute approximate surface area is 117 Å². The highest BCUT2D eigenvalue weighted by Gasteiger charge is 2.43. The Morgan fingerprint density at radius 2 is 1.79 bits per heavy atom. The summed E-state index contributed by atoms with van der Waals surface area (Å²) in [4.78, 5) is 47.8. The molecule has 0 aliphatic carbocycles. The van der Waals surface area contributed by atoms with E-state index in [1.54, 1.807) is 24.3 Å². The summed E-state index contributed by atoms with van der Waals surface area (Å²) in [7, 11) is 1.20. The highest BCUT2D eigenvalue weighted by molar-refractivity contribution is 9.10. The number of carbonyl (C=O) groups is 4. The van der Waals surface area contributed by atoms with Crippen molar-refractivity contribution in [2.45, 2.75) is 0 Å². The van der Waals surface area contributed by atoms with Gasteiger partial charge < -0.3 is 0 Å². The van der Waals surface area contributed by atoms with Crippen LogP contribution in [0.4, 0.5) is 4.79 Å². The molecule has 1 heterocycles. The second-order valence-electron chi connectivity index (χ2n) is 3.94. The third kappa shape index (κ3) is 2.28. The highest BCUT2D eigenvalue weighted by Crippen LogP contribution is 2.18. The van der Waals surface area contributed by atoms with Gasteiger partial charge in [-0.2, -0.15) is 0 Å². The average molecular weight is 325 g/mol. The van der Waals surface area contributed by atoms with Crippen LogP contribution >= 0.6 is 15.9 Å². The molecule has 0 atom stereocenters. The lowest BCUT2D eigenvalue weighted by Gasteiger charge is -2.12. The summed E-state index contributed by atoms with van der Waals surface area (Å²) >= 11 is 3.21. The number of rotatable bonds is 3. The van der Waals surface area contributed by atoms with Crippen LogP contribution in [0.1, 0.15) is 10.4 Å². The van der Waals surface area contributed by atoms with E-state index in [1.165, 1.54) is 7.05 Å². The summed E-state index contributed by atoms with van der Waals surface area (Å²) in [6.45, 7) is -0.448.